The van der Waals surface area contributed by atoms with E-state index in [0.717, 1.165) is 44.2 Å². The first kappa shape index (κ1) is 19.1. The highest BCUT2D eigenvalue weighted by molar-refractivity contribution is 5.51. The monoisotopic (exact) mass is 383 g/mol. The lowest BCUT2D eigenvalue weighted by atomic mass is 9.97. The fourth-order valence-electron chi connectivity index (χ4n) is 4.22. The van der Waals surface area contributed by atoms with E-state index in [0.29, 0.717) is 13.2 Å². The largest absolute Gasteiger partial charge is 0.391 e. The Labute approximate surface area is 166 Å². The van der Waals surface area contributed by atoms with Crippen molar-refractivity contribution in [3.8, 4) is 0 Å². The molecule has 0 amide bonds. The summed E-state index contributed by atoms with van der Waals surface area (Å²) in [7, 11) is 4.11. The highest BCUT2D eigenvalue weighted by Gasteiger charge is 2.32. The van der Waals surface area contributed by atoms with Crippen molar-refractivity contribution in [3.63, 3.8) is 0 Å². The Kier molecular flexibility index (Phi) is 5.75. The van der Waals surface area contributed by atoms with Gasteiger partial charge in [0.05, 0.1) is 19.3 Å². The van der Waals surface area contributed by atoms with Crippen molar-refractivity contribution in [3.05, 3.63) is 47.3 Å². The van der Waals surface area contributed by atoms with Crippen molar-refractivity contribution in [2.24, 2.45) is 0 Å². The number of benzene rings is 1. The molecule has 3 heterocycles. The Balaban J connectivity index is 1.47. The van der Waals surface area contributed by atoms with Crippen molar-refractivity contribution in [2.75, 3.05) is 44.0 Å². The van der Waals surface area contributed by atoms with Gasteiger partial charge in [-0.3, -0.25) is 0 Å². The van der Waals surface area contributed by atoms with Gasteiger partial charge in [-0.1, -0.05) is 18.2 Å². The molecule has 0 spiro atoms. The number of nitrogens with zero attached hydrogens (tertiary/aromatic N) is 4. The normalized spacial score (nSPS) is 21.8. The van der Waals surface area contributed by atoms with Gasteiger partial charge < -0.3 is 25.0 Å². The molecule has 2 aromatic rings. The summed E-state index contributed by atoms with van der Waals surface area (Å²) < 4.78 is 5.56. The fourth-order valence-corrected chi connectivity index (χ4v) is 4.22. The zero-order valence-electron chi connectivity index (χ0n) is 16.6. The number of hydrogen-bond donors (Lipinski definition) is 2. The van der Waals surface area contributed by atoms with Crippen molar-refractivity contribution in [1.29, 1.82) is 0 Å². The molecule has 7 heteroatoms. The minimum atomic E-state index is -0.311. The summed E-state index contributed by atoms with van der Waals surface area (Å²) in [4.78, 5) is 13.2. The molecule has 0 bridgehead atoms. The molecule has 28 heavy (non-hydrogen) atoms. The zero-order chi connectivity index (χ0) is 19.5. The van der Waals surface area contributed by atoms with Crippen LogP contribution in [0.3, 0.4) is 0 Å². The lowest BCUT2D eigenvalue weighted by Crippen LogP contribution is -2.38. The maximum Gasteiger partial charge on any atom is 0.134 e. The first-order valence-electron chi connectivity index (χ1n) is 9.93. The van der Waals surface area contributed by atoms with Crippen LogP contribution in [-0.2, 0) is 24.3 Å². The molecule has 1 fully saturated rings. The van der Waals surface area contributed by atoms with E-state index in [9.17, 15) is 5.11 Å². The molecule has 0 unspecified atom stereocenters. The summed E-state index contributed by atoms with van der Waals surface area (Å²) in [6, 6.07) is 8.65. The summed E-state index contributed by atoms with van der Waals surface area (Å²) in [6.45, 7) is 3.71. The van der Waals surface area contributed by atoms with Crippen LogP contribution in [0.2, 0.25) is 0 Å². The topological polar surface area (TPSA) is 73.8 Å². The first-order valence-corrected chi connectivity index (χ1v) is 9.93. The van der Waals surface area contributed by atoms with Gasteiger partial charge in [-0.15, -0.1) is 0 Å². The van der Waals surface area contributed by atoms with Crippen LogP contribution in [0.5, 0.6) is 0 Å². The molecule has 2 atom stereocenters. The molecular weight excluding hydrogens is 354 g/mol. The summed E-state index contributed by atoms with van der Waals surface area (Å²) >= 11 is 0. The number of likely N-dealkylation sites (N-methyl/N-ethyl adjacent to an activating group) is 1. The van der Waals surface area contributed by atoms with Crippen molar-refractivity contribution in [2.45, 2.75) is 38.1 Å². The minimum Gasteiger partial charge on any atom is -0.391 e. The molecule has 150 valence electrons. The third kappa shape index (κ3) is 4.27. The predicted molar refractivity (Wildman–Crippen MR) is 109 cm³/mol. The van der Waals surface area contributed by atoms with Gasteiger partial charge in [0.25, 0.3) is 0 Å². The number of nitrogens with one attached hydrogen (secondary N) is 1. The van der Waals surface area contributed by atoms with Crippen molar-refractivity contribution < 1.29 is 9.84 Å². The van der Waals surface area contributed by atoms with Gasteiger partial charge in [-0.25, -0.2) is 9.97 Å². The molecule has 2 aliphatic heterocycles. The Bertz CT molecular complexity index is 813. The number of anilines is 2. The van der Waals surface area contributed by atoms with E-state index in [1.807, 2.05) is 6.07 Å². The van der Waals surface area contributed by atoms with Gasteiger partial charge in [0.2, 0.25) is 0 Å². The third-order valence-corrected chi connectivity index (χ3v) is 5.50. The van der Waals surface area contributed by atoms with Gasteiger partial charge in [-0.2, -0.15) is 0 Å². The highest BCUT2D eigenvalue weighted by atomic mass is 16.5. The van der Waals surface area contributed by atoms with E-state index in [-0.39, 0.29) is 12.1 Å². The molecule has 0 aliphatic carbocycles. The van der Waals surface area contributed by atoms with Crippen LogP contribution in [0, 0.1) is 0 Å². The molecule has 7 nitrogen and oxygen atoms in total. The summed E-state index contributed by atoms with van der Waals surface area (Å²) in [5.41, 5.74) is 3.97. The van der Waals surface area contributed by atoms with Crippen LogP contribution in [0.1, 0.15) is 23.1 Å². The van der Waals surface area contributed by atoms with Crippen LogP contribution in [0.25, 0.3) is 0 Å². The first-order chi connectivity index (χ1) is 13.6. The lowest BCUT2D eigenvalue weighted by molar-refractivity contribution is 0.110. The fraction of sp³-hybridized carbons (Fsp3) is 0.524. The second-order valence-corrected chi connectivity index (χ2v) is 7.93. The number of ether oxygens (including phenoxy) is 1. The number of aliphatic hydroxyl groups is 1. The van der Waals surface area contributed by atoms with Gasteiger partial charge in [0.15, 0.2) is 0 Å². The Morgan fingerprint density at radius 2 is 2.21 bits per heavy atom. The van der Waals surface area contributed by atoms with Crippen LogP contribution >= 0.6 is 0 Å². The molecule has 1 aromatic carbocycles. The third-order valence-electron chi connectivity index (χ3n) is 5.50. The molecule has 4 rings (SSSR count). The minimum absolute atomic E-state index is 0.258. The SMILES string of the molecule is CN(C)C[C@H]1C[C@@H](O)CN1c1cc(NCc2cccc3c2CCOC3)ncn1. The molecule has 1 aromatic heterocycles. The number of β-amino-alcohol motifs (C(OH)–C–C–N with tert-alkyl or cyclic N) is 1. The summed E-state index contributed by atoms with van der Waals surface area (Å²) in [5.74, 6) is 1.67. The molecule has 0 radical (unpaired) electrons. The number of aromatic nitrogens is 2. The van der Waals surface area contributed by atoms with E-state index in [1.165, 1.54) is 16.7 Å². The molecule has 1 saturated heterocycles. The second kappa shape index (κ2) is 8.43. The van der Waals surface area contributed by atoms with E-state index >= 15 is 0 Å². The van der Waals surface area contributed by atoms with Crippen molar-refractivity contribution in [1.82, 2.24) is 14.9 Å². The van der Waals surface area contributed by atoms with E-state index in [4.69, 9.17) is 4.74 Å². The quantitative estimate of drug-likeness (QED) is 0.786. The highest BCUT2D eigenvalue weighted by Crippen LogP contribution is 2.26. The van der Waals surface area contributed by atoms with Crippen LogP contribution < -0.4 is 10.2 Å². The molecular formula is C21H29N5O2. The zero-order valence-corrected chi connectivity index (χ0v) is 16.6. The van der Waals surface area contributed by atoms with Gasteiger partial charge in [0, 0.05) is 31.7 Å². The summed E-state index contributed by atoms with van der Waals surface area (Å²) in [5, 5.41) is 13.6. The van der Waals surface area contributed by atoms with E-state index in [2.05, 4.69) is 57.4 Å². The lowest BCUT2D eigenvalue weighted by Gasteiger charge is -2.27. The Morgan fingerprint density at radius 1 is 1.32 bits per heavy atom. The standard InChI is InChI=1S/C21H29N5O2/c1-25(2)11-17-8-18(27)12-26(17)21-9-20(23-14-24-21)22-10-15-4-3-5-16-13-28-7-6-19(15)16/h3-5,9,14,17-18,27H,6-8,10-13H2,1-2H3,(H,22,23,24)/t17-,18-/m1/s1. The van der Waals surface area contributed by atoms with E-state index < -0.39 is 0 Å². The number of hydrogen-bond acceptors (Lipinski definition) is 7. The molecule has 0 saturated carbocycles. The average Bonchev–Trinajstić information content (AvgIpc) is 3.06. The summed E-state index contributed by atoms with van der Waals surface area (Å²) in [6.07, 6.45) is 3.02. The number of fused-ring (bicyclic) bond motifs is 1. The molecule has 2 aliphatic rings. The van der Waals surface area contributed by atoms with Crippen molar-refractivity contribution >= 4 is 11.6 Å². The van der Waals surface area contributed by atoms with Crippen LogP contribution in [0.4, 0.5) is 11.6 Å². The Morgan fingerprint density at radius 3 is 3.07 bits per heavy atom. The number of rotatable bonds is 6. The van der Waals surface area contributed by atoms with Crippen LogP contribution in [0.15, 0.2) is 30.6 Å². The van der Waals surface area contributed by atoms with E-state index in [1.54, 1.807) is 6.33 Å². The predicted octanol–water partition coefficient (Wildman–Crippen LogP) is 1.66. The number of aliphatic hydroxyl groups excluding tert-OH is 1. The Hall–Kier alpha value is -2.22. The molecule has 2 N–H and O–H groups in total. The van der Waals surface area contributed by atoms with Crippen LogP contribution in [-0.4, -0.2) is 65.9 Å². The average molecular weight is 383 g/mol. The van der Waals surface area contributed by atoms with Gasteiger partial charge >= 0.3 is 0 Å². The maximum absolute atomic E-state index is 10.1. The maximum atomic E-state index is 10.1. The van der Waals surface area contributed by atoms with Gasteiger partial charge in [-0.05, 0) is 43.6 Å². The smallest absolute Gasteiger partial charge is 0.134 e. The van der Waals surface area contributed by atoms with Gasteiger partial charge in [0.1, 0.15) is 18.0 Å². The second-order valence-electron chi connectivity index (χ2n) is 7.93.